The molecule has 0 fully saturated rings. The lowest BCUT2D eigenvalue weighted by Gasteiger charge is -2.13. The van der Waals surface area contributed by atoms with Crippen LogP contribution in [0.3, 0.4) is 0 Å². The molecule has 0 saturated heterocycles. The van der Waals surface area contributed by atoms with E-state index in [1.54, 1.807) is 12.1 Å². The summed E-state index contributed by atoms with van der Waals surface area (Å²) >= 11 is 0. The van der Waals surface area contributed by atoms with Crippen molar-refractivity contribution in [3.63, 3.8) is 0 Å². The molecule has 31 heavy (non-hydrogen) atoms. The third-order valence-corrected chi connectivity index (χ3v) is 5.71. The number of aromatic carboxylic acids is 1. The fraction of sp³-hybridized carbons (Fsp3) is 0.519. The van der Waals surface area contributed by atoms with Crippen LogP contribution in [0.2, 0.25) is 0 Å². The first-order chi connectivity index (χ1) is 15.0. The Bertz CT molecular complexity index is 782. The van der Waals surface area contributed by atoms with Crippen LogP contribution in [0.25, 0.3) is 11.1 Å². The first-order valence-electron chi connectivity index (χ1n) is 11.8. The molecule has 4 heteroatoms. The molecular formula is C27H38O4. The minimum atomic E-state index is -0.939. The molecule has 0 spiro atoms. The Morgan fingerprint density at radius 2 is 1.52 bits per heavy atom. The maximum absolute atomic E-state index is 11.7. The van der Waals surface area contributed by atoms with Crippen LogP contribution in [0.4, 0.5) is 0 Å². The Hall–Kier alpha value is -2.49. The van der Waals surface area contributed by atoms with E-state index in [0.717, 1.165) is 30.6 Å². The molecule has 0 saturated carbocycles. The lowest BCUT2D eigenvalue weighted by molar-refractivity contribution is 0.0697. The lowest BCUT2D eigenvalue weighted by Crippen LogP contribution is -2.03. The number of benzene rings is 2. The van der Waals surface area contributed by atoms with Crippen molar-refractivity contribution in [2.75, 3.05) is 13.2 Å². The first-order valence-corrected chi connectivity index (χ1v) is 11.8. The number of hydrogen-bond donors (Lipinski definition) is 1. The van der Waals surface area contributed by atoms with Crippen LogP contribution >= 0.6 is 0 Å². The van der Waals surface area contributed by atoms with Gasteiger partial charge in [0.1, 0.15) is 11.5 Å². The highest BCUT2D eigenvalue weighted by Crippen LogP contribution is 2.30. The van der Waals surface area contributed by atoms with Crippen molar-refractivity contribution in [3.05, 3.63) is 48.0 Å². The smallest absolute Gasteiger partial charge is 0.336 e. The van der Waals surface area contributed by atoms with Gasteiger partial charge >= 0.3 is 5.97 Å². The molecule has 0 aromatic heterocycles. The van der Waals surface area contributed by atoms with Crippen molar-refractivity contribution in [2.24, 2.45) is 5.92 Å². The van der Waals surface area contributed by atoms with Gasteiger partial charge in [-0.1, -0.05) is 65.0 Å². The summed E-state index contributed by atoms with van der Waals surface area (Å²) in [5, 5.41) is 9.61. The highest BCUT2D eigenvalue weighted by atomic mass is 16.5. The highest BCUT2D eigenvalue weighted by molar-refractivity contribution is 5.96. The summed E-state index contributed by atoms with van der Waals surface area (Å²) in [5.41, 5.74) is 1.78. The Kier molecular flexibility index (Phi) is 11.0. The maximum atomic E-state index is 11.7. The molecule has 170 valence electrons. The number of rotatable bonds is 15. The van der Waals surface area contributed by atoms with E-state index in [9.17, 15) is 9.90 Å². The minimum absolute atomic E-state index is 0.275. The second-order valence-corrected chi connectivity index (χ2v) is 8.30. The standard InChI is InChI=1S/C27H38O4/c1-4-6-7-8-9-18-30-23-14-12-22(13-15-23)26-20-24(16-17-25(26)27(28)29)31-19-10-11-21(3)5-2/h12-17,20-21H,4-11,18-19H2,1-3H3,(H,28,29). The van der Waals surface area contributed by atoms with Gasteiger partial charge in [-0.05, 0) is 66.6 Å². The molecule has 0 aliphatic heterocycles. The van der Waals surface area contributed by atoms with Crippen molar-refractivity contribution in [2.45, 2.75) is 72.1 Å². The molecule has 0 heterocycles. The van der Waals surface area contributed by atoms with E-state index in [0.29, 0.717) is 30.4 Å². The Morgan fingerprint density at radius 1 is 0.871 bits per heavy atom. The molecule has 0 radical (unpaired) electrons. The summed E-state index contributed by atoms with van der Waals surface area (Å²) in [6, 6.07) is 12.9. The molecule has 4 nitrogen and oxygen atoms in total. The van der Waals surface area contributed by atoms with Crippen LogP contribution in [-0.4, -0.2) is 24.3 Å². The van der Waals surface area contributed by atoms with Gasteiger partial charge in [-0.15, -0.1) is 0 Å². The molecule has 2 aromatic rings. The monoisotopic (exact) mass is 426 g/mol. The summed E-state index contributed by atoms with van der Waals surface area (Å²) in [4.78, 5) is 11.7. The van der Waals surface area contributed by atoms with Gasteiger partial charge in [-0.2, -0.15) is 0 Å². The number of carboxylic acids is 1. The minimum Gasteiger partial charge on any atom is -0.494 e. The molecule has 0 bridgehead atoms. The number of carboxylic acid groups (broad SMARTS) is 1. The average molecular weight is 427 g/mol. The van der Waals surface area contributed by atoms with Crippen LogP contribution < -0.4 is 9.47 Å². The van der Waals surface area contributed by atoms with Gasteiger partial charge in [0.25, 0.3) is 0 Å². The van der Waals surface area contributed by atoms with E-state index < -0.39 is 5.97 Å². The third kappa shape index (κ3) is 8.64. The number of carbonyl (C=O) groups is 1. The largest absolute Gasteiger partial charge is 0.494 e. The van der Waals surface area contributed by atoms with E-state index in [-0.39, 0.29) is 5.56 Å². The second kappa shape index (κ2) is 13.7. The fourth-order valence-electron chi connectivity index (χ4n) is 3.49. The quantitative estimate of drug-likeness (QED) is 0.298. The first kappa shape index (κ1) is 24.8. The van der Waals surface area contributed by atoms with Crippen molar-refractivity contribution in [3.8, 4) is 22.6 Å². The lowest BCUT2D eigenvalue weighted by atomic mass is 9.99. The average Bonchev–Trinajstić information content (AvgIpc) is 2.79. The number of ether oxygens (including phenoxy) is 2. The SMILES string of the molecule is CCCCCCCOc1ccc(-c2cc(OCCCC(C)CC)ccc2C(=O)O)cc1. The summed E-state index contributed by atoms with van der Waals surface area (Å²) in [5.74, 6) is 1.28. The van der Waals surface area contributed by atoms with Crippen molar-refractivity contribution >= 4 is 5.97 Å². The molecule has 1 N–H and O–H groups in total. The van der Waals surface area contributed by atoms with Crippen molar-refractivity contribution in [1.29, 1.82) is 0 Å². The van der Waals surface area contributed by atoms with E-state index >= 15 is 0 Å². The zero-order valence-electron chi connectivity index (χ0n) is 19.4. The summed E-state index contributed by atoms with van der Waals surface area (Å²) in [7, 11) is 0. The predicted octanol–water partition coefficient (Wildman–Crippen LogP) is 7.61. The van der Waals surface area contributed by atoms with Gasteiger partial charge in [0, 0.05) is 0 Å². The van der Waals surface area contributed by atoms with Gasteiger partial charge in [-0.3, -0.25) is 0 Å². The molecule has 1 atom stereocenters. The van der Waals surface area contributed by atoms with Crippen molar-refractivity contribution < 1.29 is 19.4 Å². The van der Waals surface area contributed by atoms with Gasteiger partial charge in [-0.25, -0.2) is 4.79 Å². The van der Waals surface area contributed by atoms with Crippen LogP contribution in [0.5, 0.6) is 11.5 Å². The Labute approximate surface area is 187 Å². The van der Waals surface area contributed by atoms with E-state index in [2.05, 4.69) is 20.8 Å². The maximum Gasteiger partial charge on any atom is 0.336 e. The van der Waals surface area contributed by atoms with Crippen LogP contribution in [0, 0.1) is 5.92 Å². The van der Waals surface area contributed by atoms with Crippen LogP contribution in [0.15, 0.2) is 42.5 Å². The van der Waals surface area contributed by atoms with Gasteiger partial charge in [0.15, 0.2) is 0 Å². The molecule has 0 amide bonds. The summed E-state index contributed by atoms with van der Waals surface area (Å²) < 4.78 is 11.7. The van der Waals surface area contributed by atoms with Crippen LogP contribution in [0.1, 0.15) is 82.5 Å². The van der Waals surface area contributed by atoms with Crippen molar-refractivity contribution in [1.82, 2.24) is 0 Å². The Balaban J connectivity index is 1.99. The van der Waals surface area contributed by atoms with E-state index in [4.69, 9.17) is 9.47 Å². The molecule has 2 rings (SSSR count). The van der Waals surface area contributed by atoms with Gasteiger partial charge < -0.3 is 14.6 Å². The number of hydrogen-bond acceptors (Lipinski definition) is 3. The van der Waals surface area contributed by atoms with Crippen LogP contribution in [-0.2, 0) is 0 Å². The topological polar surface area (TPSA) is 55.8 Å². The normalized spacial score (nSPS) is 11.8. The highest BCUT2D eigenvalue weighted by Gasteiger charge is 2.13. The number of unbranched alkanes of at least 4 members (excludes halogenated alkanes) is 4. The van der Waals surface area contributed by atoms with Gasteiger partial charge in [0.2, 0.25) is 0 Å². The molecular weight excluding hydrogens is 388 g/mol. The second-order valence-electron chi connectivity index (χ2n) is 8.30. The molecule has 0 aliphatic carbocycles. The molecule has 2 aromatic carbocycles. The zero-order valence-corrected chi connectivity index (χ0v) is 19.4. The summed E-state index contributed by atoms with van der Waals surface area (Å²) in [6.45, 7) is 8.01. The zero-order chi connectivity index (χ0) is 22.5. The van der Waals surface area contributed by atoms with E-state index in [1.165, 1.54) is 32.1 Å². The summed E-state index contributed by atoms with van der Waals surface area (Å²) in [6.07, 6.45) is 9.33. The fourth-order valence-corrected chi connectivity index (χ4v) is 3.49. The Morgan fingerprint density at radius 3 is 2.19 bits per heavy atom. The predicted molar refractivity (Wildman–Crippen MR) is 127 cm³/mol. The van der Waals surface area contributed by atoms with Gasteiger partial charge in [0.05, 0.1) is 18.8 Å². The van der Waals surface area contributed by atoms with E-state index in [1.807, 2.05) is 30.3 Å². The molecule has 1 unspecified atom stereocenters. The third-order valence-electron chi connectivity index (χ3n) is 5.71. The molecule has 0 aliphatic rings.